The smallest absolute Gasteiger partial charge is 0.227 e. The largest absolute Gasteiger partial charge is 0.503 e. The van der Waals surface area contributed by atoms with Crippen LogP contribution in [-0.2, 0) is 32.5 Å². The standard InChI is InChI=1S/2C17H29NO2/c2*1-15(2,3)10-11(19)12(20)14(17(7,8)9)18-13(10)16(4,5)6/h2*20H,1-9H3,(H,18,19). The maximum atomic E-state index is 12.7. The first-order chi connectivity index (χ1) is 17.3. The number of H-pyrrole nitrogens is 2. The Kier molecular flexibility index (Phi) is 9.52. The molecule has 0 fully saturated rings. The third kappa shape index (κ3) is 7.82. The lowest BCUT2D eigenvalue weighted by Gasteiger charge is -2.32. The Morgan fingerprint density at radius 3 is 0.725 bits per heavy atom. The summed E-state index contributed by atoms with van der Waals surface area (Å²) in [4.78, 5) is 32.1. The van der Waals surface area contributed by atoms with Gasteiger partial charge in [-0.3, -0.25) is 9.59 Å². The van der Waals surface area contributed by atoms with E-state index in [-0.39, 0.29) is 54.8 Å². The monoisotopic (exact) mass is 558 g/mol. The molecule has 0 bridgehead atoms. The van der Waals surface area contributed by atoms with Crippen molar-refractivity contribution < 1.29 is 10.2 Å². The molecule has 0 aromatic carbocycles. The van der Waals surface area contributed by atoms with Crippen molar-refractivity contribution in [3.63, 3.8) is 0 Å². The van der Waals surface area contributed by atoms with E-state index in [1.807, 2.05) is 83.1 Å². The molecule has 2 rings (SSSR count). The number of pyridine rings is 2. The molecule has 0 aliphatic carbocycles. The van der Waals surface area contributed by atoms with Crippen molar-refractivity contribution in [1.82, 2.24) is 9.97 Å². The highest BCUT2D eigenvalue weighted by Crippen LogP contribution is 2.37. The van der Waals surface area contributed by atoms with Crippen molar-refractivity contribution >= 4 is 0 Å². The Labute approximate surface area is 243 Å². The molecule has 0 spiro atoms. The summed E-state index contributed by atoms with van der Waals surface area (Å²) in [6, 6.07) is 0. The second-order valence-electron chi connectivity index (χ2n) is 17.4. The van der Waals surface area contributed by atoms with Gasteiger partial charge >= 0.3 is 0 Å². The van der Waals surface area contributed by atoms with Crippen LogP contribution in [0.1, 0.15) is 159 Å². The summed E-state index contributed by atoms with van der Waals surface area (Å²) in [6.45, 7) is 36.4. The Balaban J connectivity index is 0.000000400. The van der Waals surface area contributed by atoms with Crippen molar-refractivity contribution in [2.24, 2.45) is 0 Å². The molecule has 0 aliphatic rings. The number of aromatic nitrogens is 2. The van der Waals surface area contributed by atoms with Crippen LogP contribution >= 0.6 is 0 Å². The van der Waals surface area contributed by atoms with E-state index >= 15 is 0 Å². The normalized spacial score (nSPS) is 13.7. The third-order valence-corrected chi connectivity index (χ3v) is 6.86. The lowest BCUT2D eigenvalue weighted by Crippen LogP contribution is -2.33. The summed E-state index contributed by atoms with van der Waals surface area (Å²) in [5.74, 6) is -0.286. The number of hydrogen-bond acceptors (Lipinski definition) is 4. The van der Waals surface area contributed by atoms with E-state index < -0.39 is 0 Å². The molecule has 0 unspecified atom stereocenters. The van der Waals surface area contributed by atoms with Gasteiger partial charge < -0.3 is 20.2 Å². The van der Waals surface area contributed by atoms with Gasteiger partial charge in [0.25, 0.3) is 0 Å². The van der Waals surface area contributed by atoms with Crippen LogP contribution in [0.2, 0.25) is 0 Å². The second kappa shape index (κ2) is 10.7. The molecule has 0 saturated heterocycles. The van der Waals surface area contributed by atoms with Gasteiger partial charge in [-0.05, 0) is 10.8 Å². The zero-order chi connectivity index (χ0) is 32.2. The summed E-state index contributed by atoms with van der Waals surface area (Å²) in [5.41, 5.74) is 2.30. The SMILES string of the molecule is CC(C)(C)c1[nH]c(C(C)(C)C)c(C(C)(C)C)c(=O)c1O.CC(C)(C)c1[nH]c(C(C)(C)C)c(C(C)(C)C)c(=O)c1O. The van der Waals surface area contributed by atoms with Gasteiger partial charge in [0.15, 0.2) is 11.5 Å². The molecule has 6 heteroatoms. The van der Waals surface area contributed by atoms with Crippen molar-refractivity contribution in [2.45, 2.75) is 157 Å². The first-order valence-electron chi connectivity index (χ1n) is 14.4. The molecule has 0 radical (unpaired) electrons. The molecule has 6 nitrogen and oxygen atoms in total. The van der Waals surface area contributed by atoms with Gasteiger partial charge in [-0.1, -0.05) is 125 Å². The van der Waals surface area contributed by atoms with Crippen LogP contribution in [0, 0.1) is 0 Å². The van der Waals surface area contributed by atoms with E-state index in [4.69, 9.17) is 0 Å². The fraction of sp³-hybridized carbons (Fsp3) is 0.706. The highest BCUT2D eigenvalue weighted by atomic mass is 16.3. The number of aromatic amines is 2. The molecule has 0 aliphatic heterocycles. The minimum Gasteiger partial charge on any atom is -0.503 e. The average Bonchev–Trinajstić information content (AvgIpc) is 2.66. The van der Waals surface area contributed by atoms with E-state index in [0.717, 1.165) is 11.4 Å². The molecule has 0 amide bonds. The second-order valence-corrected chi connectivity index (χ2v) is 17.4. The van der Waals surface area contributed by atoms with Gasteiger partial charge in [0.2, 0.25) is 10.9 Å². The van der Waals surface area contributed by atoms with E-state index in [2.05, 4.69) is 51.5 Å². The molecule has 2 heterocycles. The van der Waals surface area contributed by atoms with Gasteiger partial charge in [0, 0.05) is 44.2 Å². The van der Waals surface area contributed by atoms with Crippen LogP contribution in [0.4, 0.5) is 0 Å². The van der Waals surface area contributed by atoms with Gasteiger partial charge in [0.1, 0.15) is 0 Å². The van der Waals surface area contributed by atoms with Crippen molar-refractivity contribution in [2.75, 3.05) is 0 Å². The maximum Gasteiger partial charge on any atom is 0.227 e. The fourth-order valence-electron chi connectivity index (χ4n) is 4.83. The van der Waals surface area contributed by atoms with Gasteiger partial charge in [-0.15, -0.1) is 0 Å². The molecule has 228 valence electrons. The zero-order valence-electron chi connectivity index (χ0n) is 28.7. The lowest BCUT2D eigenvalue weighted by atomic mass is 9.76. The predicted octanol–water partition coefficient (Wildman–Crippen LogP) is 7.95. The fourth-order valence-corrected chi connectivity index (χ4v) is 4.83. The van der Waals surface area contributed by atoms with Crippen LogP contribution in [-0.4, -0.2) is 20.2 Å². The van der Waals surface area contributed by atoms with Gasteiger partial charge in [-0.25, -0.2) is 0 Å². The van der Waals surface area contributed by atoms with E-state index in [0.29, 0.717) is 22.5 Å². The van der Waals surface area contributed by atoms with E-state index in [1.54, 1.807) is 0 Å². The van der Waals surface area contributed by atoms with Gasteiger partial charge in [-0.2, -0.15) is 0 Å². The number of hydrogen-bond donors (Lipinski definition) is 4. The minimum atomic E-state index is -0.315. The molecular formula is C34H58N2O4. The Morgan fingerprint density at radius 2 is 0.575 bits per heavy atom. The minimum absolute atomic E-state index is 0.143. The first kappa shape index (κ1) is 35.5. The predicted molar refractivity (Wildman–Crippen MR) is 170 cm³/mol. The van der Waals surface area contributed by atoms with Crippen molar-refractivity contribution in [3.8, 4) is 11.5 Å². The Bertz CT molecular complexity index is 1230. The summed E-state index contributed by atoms with van der Waals surface area (Å²) in [5, 5.41) is 20.6. The topological polar surface area (TPSA) is 106 Å². The number of aromatic hydroxyl groups is 2. The summed E-state index contributed by atoms with van der Waals surface area (Å²) in [6.07, 6.45) is 0. The highest BCUT2D eigenvalue weighted by Gasteiger charge is 2.35. The van der Waals surface area contributed by atoms with Crippen molar-refractivity contribution in [1.29, 1.82) is 0 Å². The summed E-state index contributed by atoms with van der Waals surface area (Å²) >= 11 is 0. The van der Waals surface area contributed by atoms with E-state index in [1.165, 1.54) is 0 Å². The number of nitrogens with one attached hydrogen (secondary N) is 2. The van der Waals surface area contributed by atoms with Crippen LogP contribution < -0.4 is 10.9 Å². The quantitative estimate of drug-likeness (QED) is 0.263. The number of rotatable bonds is 0. The first-order valence-corrected chi connectivity index (χ1v) is 14.4. The highest BCUT2D eigenvalue weighted by molar-refractivity contribution is 5.44. The zero-order valence-corrected chi connectivity index (χ0v) is 28.7. The van der Waals surface area contributed by atoms with Gasteiger partial charge in [0.05, 0.1) is 11.4 Å². The summed E-state index contributed by atoms with van der Waals surface area (Å²) in [7, 11) is 0. The van der Waals surface area contributed by atoms with Crippen LogP contribution in [0.15, 0.2) is 9.59 Å². The van der Waals surface area contributed by atoms with Crippen LogP contribution in [0.25, 0.3) is 0 Å². The molecule has 2 aromatic heterocycles. The van der Waals surface area contributed by atoms with Crippen molar-refractivity contribution in [3.05, 3.63) is 54.3 Å². The average molecular weight is 559 g/mol. The van der Waals surface area contributed by atoms with E-state index in [9.17, 15) is 19.8 Å². The summed E-state index contributed by atoms with van der Waals surface area (Å²) < 4.78 is 0. The molecule has 4 N–H and O–H groups in total. The lowest BCUT2D eigenvalue weighted by molar-refractivity contribution is 0.416. The maximum absolute atomic E-state index is 12.7. The molecular weight excluding hydrogens is 500 g/mol. The third-order valence-electron chi connectivity index (χ3n) is 6.86. The molecule has 2 aromatic rings. The molecule has 40 heavy (non-hydrogen) atoms. The Hall–Kier alpha value is -2.50. The molecule has 0 atom stereocenters. The Morgan fingerprint density at radius 1 is 0.375 bits per heavy atom. The molecule has 0 saturated carbocycles. The van der Waals surface area contributed by atoms with Crippen LogP contribution in [0.5, 0.6) is 11.5 Å². The van der Waals surface area contributed by atoms with Crippen LogP contribution in [0.3, 0.4) is 0 Å².